The molecule has 0 spiro atoms. The fourth-order valence-electron chi connectivity index (χ4n) is 2.32. The molecule has 0 radical (unpaired) electrons. The maximum absolute atomic E-state index is 12.1. The van der Waals surface area contributed by atoms with Crippen molar-refractivity contribution in [1.29, 1.82) is 0 Å². The van der Waals surface area contributed by atoms with Gasteiger partial charge in [0.15, 0.2) is 0 Å². The average molecular weight is 356 g/mol. The quantitative estimate of drug-likeness (QED) is 0.448. The van der Waals surface area contributed by atoms with Crippen molar-refractivity contribution in [1.82, 2.24) is 20.2 Å². The molecule has 6 nitrogen and oxygen atoms in total. The van der Waals surface area contributed by atoms with Gasteiger partial charge in [0.05, 0.1) is 17.2 Å². The van der Waals surface area contributed by atoms with Gasteiger partial charge in [0, 0.05) is 0 Å². The Morgan fingerprint density at radius 1 is 1.12 bits per heavy atom. The summed E-state index contributed by atoms with van der Waals surface area (Å²) in [6.45, 7) is 2.62. The monoisotopic (exact) mass is 356 g/mol. The molecule has 1 aromatic carbocycles. The Hall–Kier alpha value is -2.54. The van der Waals surface area contributed by atoms with E-state index in [-0.39, 0.29) is 5.97 Å². The summed E-state index contributed by atoms with van der Waals surface area (Å²) in [6.07, 6.45) is 4.33. The first-order chi connectivity index (χ1) is 12.3. The van der Waals surface area contributed by atoms with Crippen molar-refractivity contribution in [2.45, 2.75) is 32.6 Å². The van der Waals surface area contributed by atoms with E-state index in [4.69, 9.17) is 4.74 Å². The van der Waals surface area contributed by atoms with Crippen LogP contribution in [0.5, 0.6) is 0 Å². The van der Waals surface area contributed by atoms with Crippen LogP contribution in [0.3, 0.4) is 0 Å². The summed E-state index contributed by atoms with van der Waals surface area (Å²) >= 11 is 1.32. The molecule has 0 bridgehead atoms. The fourth-order valence-corrected chi connectivity index (χ4v) is 3.14. The summed E-state index contributed by atoms with van der Waals surface area (Å²) < 4.78 is 5.31. The molecule has 3 rings (SSSR count). The van der Waals surface area contributed by atoms with Crippen molar-refractivity contribution >= 4 is 17.3 Å². The van der Waals surface area contributed by atoms with E-state index < -0.39 is 0 Å². The number of unbranched alkanes of at least 4 members (excludes halogenated alkanes) is 3. The molecule has 0 saturated heterocycles. The highest BCUT2D eigenvalue weighted by Gasteiger charge is 2.15. The van der Waals surface area contributed by atoms with Crippen LogP contribution in [0, 0.1) is 0 Å². The van der Waals surface area contributed by atoms with Crippen LogP contribution in [0.1, 0.15) is 42.3 Å². The molecule has 3 aromatic rings. The minimum absolute atomic E-state index is 0.289. The van der Waals surface area contributed by atoms with Crippen LogP contribution in [-0.4, -0.2) is 32.8 Å². The molecule has 0 aliphatic carbocycles. The van der Waals surface area contributed by atoms with E-state index in [1.807, 2.05) is 36.4 Å². The van der Waals surface area contributed by atoms with Gasteiger partial charge in [-0.05, 0) is 35.9 Å². The number of hydrogen-bond donors (Lipinski definition) is 0. The maximum atomic E-state index is 12.1. The van der Waals surface area contributed by atoms with E-state index in [1.54, 1.807) is 6.07 Å². The molecule has 0 aliphatic rings. The number of ether oxygens (including phenoxy) is 1. The molecule has 7 heteroatoms. The Morgan fingerprint density at radius 2 is 1.96 bits per heavy atom. The molecule has 2 heterocycles. The third-order valence-corrected chi connectivity index (χ3v) is 4.72. The maximum Gasteiger partial charge on any atom is 0.348 e. The zero-order chi connectivity index (χ0) is 17.5. The largest absolute Gasteiger partial charge is 0.462 e. The van der Waals surface area contributed by atoms with Gasteiger partial charge >= 0.3 is 5.97 Å². The van der Waals surface area contributed by atoms with E-state index in [0.29, 0.717) is 17.3 Å². The highest BCUT2D eigenvalue weighted by molar-refractivity contribution is 7.17. The van der Waals surface area contributed by atoms with Crippen LogP contribution in [0.15, 0.2) is 42.5 Å². The molecule has 130 valence electrons. The number of para-hydroxylation sites is 1. The number of tetrazole rings is 1. The second-order valence-electron chi connectivity index (χ2n) is 5.60. The Morgan fingerprint density at radius 3 is 2.76 bits per heavy atom. The van der Waals surface area contributed by atoms with Gasteiger partial charge in [-0.3, -0.25) is 0 Å². The molecule has 0 aliphatic heterocycles. The zero-order valence-electron chi connectivity index (χ0n) is 14.1. The van der Waals surface area contributed by atoms with E-state index in [9.17, 15) is 4.79 Å². The number of carbonyl (C=O) groups excluding carboxylic acids is 1. The lowest BCUT2D eigenvalue weighted by Crippen LogP contribution is -2.04. The number of aromatic nitrogens is 4. The van der Waals surface area contributed by atoms with Crippen molar-refractivity contribution in [2.75, 3.05) is 6.61 Å². The fraction of sp³-hybridized carbons (Fsp3) is 0.333. The molecular formula is C18H20N4O2S. The van der Waals surface area contributed by atoms with Crippen molar-refractivity contribution in [3.05, 3.63) is 47.3 Å². The normalized spacial score (nSPS) is 10.8. The summed E-state index contributed by atoms with van der Waals surface area (Å²) in [5.74, 6) is 0.207. The number of rotatable bonds is 8. The molecular weight excluding hydrogens is 336 g/mol. The van der Waals surface area contributed by atoms with Crippen LogP contribution in [-0.2, 0) is 4.74 Å². The number of nitrogens with zero attached hydrogens (tertiary/aromatic N) is 4. The van der Waals surface area contributed by atoms with Gasteiger partial charge in [0.1, 0.15) is 4.88 Å². The number of esters is 1. The first-order valence-electron chi connectivity index (χ1n) is 8.40. The Labute approximate surface area is 150 Å². The van der Waals surface area contributed by atoms with E-state index in [1.165, 1.54) is 29.0 Å². The van der Waals surface area contributed by atoms with Crippen LogP contribution in [0.25, 0.3) is 16.4 Å². The minimum Gasteiger partial charge on any atom is -0.462 e. The van der Waals surface area contributed by atoms with Gasteiger partial charge in [0.25, 0.3) is 0 Å². The van der Waals surface area contributed by atoms with Gasteiger partial charge in [-0.1, -0.05) is 44.4 Å². The number of benzene rings is 1. The Bertz CT molecular complexity index is 813. The predicted molar refractivity (Wildman–Crippen MR) is 96.9 cm³/mol. The van der Waals surface area contributed by atoms with Gasteiger partial charge in [-0.2, -0.15) is 0 Å². The van der Waals surface area contributed by atoms with Crippen LogP contribution in [0.2, 0.25) is 0 Å². The summed E-state index contributed by atoms with van der Waals surface area (Å²) in [5, 5.41) is 12.5. The highest BCUT2D eigenvalue weighted by atomic mass is 32.1. The predicted octanol–water partition coefficient (Wildman–Crippen LogP) is 4.13. The second-order valence-corrected chi connectivity index (χ2v) is 6.68. The third-order valence-electron chi connectivity index (χ3n) is 3.66. The first kappa shape index (κ1) is 17.3. The van der Waals surface area contributed by atoms with Crippen LogP contribution >= 0.6 is 11.3 Å². The van der Waals surface area contributed by atoms with Crippen molar-refractivity contribution in [3.63, 3.8) is 0 Å². The summed E-state index contributed by atoms with van der Waals surface area (Å²) in [7, 11) is 0. The van der Waals surface area contributed by atoms with Crippen LogP contribution < -0.4 is 0 Å². The topological polar surface area (TPSA) is 69.9 Å². The standard InChI is InChI=1S/C18H20N4O2S/c1-2-3-4-8-13-24-18(23)16-12-11-15(25-16)17-19-21-22(20-17)14-9-6-5-7-10-14/h5-7,9-12H,2-4,8,13H2,1H3. The molecule has 0 fully saturated rings. The lowest BCUT2D eigenvalue weighted by molar-refractivity contribution is 0.0503. The van der Waals surface area contributed by atoms with Gasteiger partial charge in [0.2, 0.25) is 5.82 Å². The molecule has 0 saturated carbocycles. The van der Waals surface area contributed by atoms with E-state index in [0.717, 1.165) is 23.4 Å². The third kappa shape index (κ3) is 4.51. The molecule has 0 amide bonds. The van der Waals surface area contributed by atoms with E-state index in [2.05, 4.69) is 22.3 Å². The molecule has 0 atom stereocenters. The Kier molecular flexibility index (Phi) is 5.90. The molecule has 0 N–H and O–H groups in total. The summed E-state index contributed by atoms with van der Waals surface area (Å²) in [5.41, 5.74) is 0.838. The number of carbonyl (C=O) groups is 1. The summed E-state index contributed by atoms with van der Waals surface area (Å²) in [6, 6.07) is 13.1. The second kappa shape index (κ2) is 8.53. The minimum atomic E-state index is -0.289. The van der Waals surface area contributed by atoms with Gasteiger partial charge in [-0.25, -0.2) is 4.79 Å². The van der Waals surface area contributed by atoms with Crippen molar-refractivity contribution < 1.29 is 9.53 Å². The number of hydrogen-bond acceptors (Lipinski definition) is 6. The zero-order valence-corrected chi connectivity index (χ0v) is 14.9. The van der Waals surface area contributed by atoms with E-state index >= 15 is 0 Å². The lowest BCUT2D eigenvalue weighted by Gasteiger charge is -2.02. The SMILES string of the molecule is CCCCCCOC(=O)c1ccc(-c2nnn(-c3ccccc3)n2)s1. The van der Waals surface area contributed by atoms with Gasteiger partial charge in [-0.15, -0.1) is 26.3 Å². The summed E-state index contributed by atoms with van der Waals surface area (Å²) in [4.78, 5) is 14.9. The highest BCUT2D eigenvalue weighted by Crippen LogP contribution is 2.25. The smallest absolute Gasteiger partial charge is 0.348 e. The van der Waals surface area contributed by atoms with Crippen molar-refractivity contribution in [3.8, 4) is 16.4 Å². The molecule has 25 heavy (non-hydrogen) atoms. The average Bonchev–Trinajstić information content (AvgIpc) is 3.31. The number of thiophene rings is 1. The Balaban J connectivity index is 1.62. The lowest BCUT2D eigenvalue weighted by atomic mass is 10.2. The molecule has 0 unspecified atom stereocenters. The van der Waals surface area contributed by atoms with Gasteiger partial charge < -0.3 is 4.74 Å². The van der Waals surface area contributed by atoms with Crippen LogP contribution in [0.4, 0.5) is 0 Å². The van der Waals surface area contributed by atoms with Crippen molar-refractivity contribution in [2.24, 2.45) is 0 Å². The first-order valence-corrected chi connectivity index (χ1v) is 9.22. The molecule has 2 aromatic heterocycles.